The highest BCUT2D eigenvalue weighted by Crippen LogP contribution is 2.11. The van der Waals surface area contributed by atoms with Gasteiger partial charge >= 0.3 is 0 Å². The van der Waals surface area contributed by atoms with Crippen LogP contribution in [-0.4, -0.2) is 19.1 Å². The van der Waals surface area contributed by atoms with E-state index in [2.05, 4.69) is 11.4 Å². The Kier molecular flexibility index (Phi) is 4.98. The normalized spacial score (nSPS) is 10.2. The van der Waals surface area contributed by atoms with Gasteiger partial charge in [-0.1, -0.05) is 23.8 Å². The second-order valence-corrected chi connectivity index (χ2v) is 5.31. The minimum absolute atomic E-state index is 0.0630. The van der Waals surface area contributed by atoms with Crippen molar-refractivity contribution in [3.8, 4) is 5.75 Å². The van der Waals surface area contributed by atoms with Crippen LogP contribution in [0.4, 0.5) is 0 Å². The highest BCUT2D eigenvalue weighted by molar-refractivity contribution is 7.09. The van der Waals surface area contributed by atoms with Crippen LogP contribution in [0.15, 0.2) is 41.8 Å². The first kappa shape index (κ1) is 13.6. The van der Waals surface area contributed by atoms with Crippen molar-refractivity contribution in [1.29, 1.82) is 0 Å². The molecular formula is C15H17NO2S. The number of hydrogen-bond acceptors (Lipinski definition) is 3. The Labute approximate surface area is 117 Å². The summed E-state index contributed by atoms with van der Waals surface area (Å²) in [5.74, 6) is 0.635. The minimum Gasteiger partial charge on any atom is -0.484 e. The maximum absolute atomic E-state index is 11.6. The molecule has 2 rings (SSSR count). The first-order valence-electron chi connectivity index (χ1n) is 6.22. The molecular weight excluding hydrogens is 258 g/mol. The lowest BCUT2D eigenvalue weighted by Gasteiger charge is -2.07. The molecule has 19 heavy (non-hydrogen) atoms. The summed E-state index contributed by atoms with van der Waals surface area (Å²) in [5, 5.41) is 4.88. The van der Waals surface area contributed by atoms with E-state index in [0.717, 1.165) is 12.2 Å². The van der Waals surface area contributed by atoms with Crippen LogP contribution in [0.25, 0.3) is 0 Å². The summed E-state index contributed by atoms with van der Waals surface area (Å²) < 4.78 is 5.40. The van der Waals surface area contributed by atoms with Gasteiger partial charge in [-0.05, 0) is 36.9 Å². The van der Waals surface area contributed by atoms with Gasteiger partial charge in [0, 0.05) is 11.4 Å². The highest BCUT2D eigenvalue weighted by atomic mass is 32.1. The van der Waals surface area contributed by atoms with Crippen LogP contribution in [-0.2, 0) is 11.2 Å². The third-order valence-electron chi connectivity index (χ3n) is 2.66. The molecule has 0 spiro atoms. The molecule has 4 heteroatoms. The first-order chi connectivity index (χ1) is 9.24. The summed E-state index contributed by atoms with van der Waals surface area (Å²) in [6.45, 7) is 2.73. The molecule has 3 nitrogen and oxygen atoms in total. The van der Waals surface area contributed by atoms with Gasteiger partial charge in [0.2, 0.25) is 0 Å². The van der Waals surface area contributed by atoms with E-state index in [9.17, 15) is 4.79 Å². The van der Waals surface area contributed by atoms with E-state index in [-0.39, 0.29) is 12.5 Å². The SMILES string of the molecule is Cc1ccc(OCC(=O)NCCc2cccs2)cc1. The Balaban J connectivity index is 1.65. The molecule has 1 aromatic carbocycles. The van der Waals surface area contributed by atoms with E-state index in [0.29, 0.717) is 6.54 Å². The molecule has 0 atom stereocenters. The maximum Gasteiger partial charge on any atom is 0.257 e. The summed E-state index contributed by atoms with van der Waals surface area (Å²) in [6, 6.07) is 11.7. The van der Waals surface area contributed by atoms with Gasteiger partial charge in [0.15, 0.2) is 6.61 Å². The Bertz CT molecular complexity index is 505. The number of carbonyl (C=O) groups excluding carboxylic acids is 1. The van der Waals surface area contributed by atoms with Crippen molar-refractivity contribution in [1.82, 2.24) is 5.32 Å². The van der Waals surface area contributed by atoms with Crippen LogP contribution >= 0.6 is 11.3 Å². The number of carbonyl (C=O) groups is 1. The molecule has 100 valence electrons. The topological polar surface area (TPSA) is 38.3 Å². The van der Waals surface area contributed by atoms with E-state index in [4.69, 9.17) is 4.74 Å². The molecule has 0 aliphatic heterocycles. The fourth-order valence-corrected chi connectivity index (χ4v) is 2.32. The van der Waals surface area contributed by atoms with Crippen molar-refractivity contribution in [3.63, 3.8) is 0 Å². The van der Waals surface area contributed by atoms with Gasteiger partial charge < -0.3 is 10.1 Å². The van der Waals surface area contributed by atoms with E-state index >= 15 is 0 Å². The number of hydrogen-bond donors (Lipinski definition) is 1. The predicted octanol–water partition coefficient (Wildman–Crippen LogP) is 2.79. The predicted molar refractivity (Wildman–Crippen MR) is 77.7 cm³/mol. The third kappa shape index (κ3) is 4.75. The van der Waals surface area contributed by atoms with Gasteiger partial charge in [-0.15, -0.1) is 11.3 Å². The molecule has 1 heterocycles. The van der Waals surface area contributed by atoms with Crippen molar-refractivity contribution in [2.24, 2.45) is 0 Å². The van der Waals surface area contributed by atoms with E-state index in [1.807, 2.05) is 42.6 Å². The van der Waals surface area contributed by atoms with Crippen molar-refractivity contribution in [2.75, 3.05) is 13.2 Å². The summed E-state index contributed by atoms with van der Waals surface area (Å²) in [5.41, 5.74) is 1.17. The van der Waals surface area contributed by atoms with E-state index in [1.165, 1.54) is 10.4 Å². The minimum atomic E-state index is -0.0860. The van der Waals surface area contributed by atoms with Crippen LogP contribution in [0.2, 0.25) is 0 Å². The number of benzene rings is 1. The number of amides is 1. The molecule has 2 aromatic rings. The summed E-state index contributed by atoms with van der Waals surface area (Å²) in [7, 11) is 0. The van der Waals surface area contributed by atoms with Gasteiger partial charge in [-0.3, -0.25) is 4.79 Å². The average molecular weight is 275 g/mol. The number of ether oxygens (including phenoxy) is 1. The molecule has 0 unspecified atom stereocenters. The van der Waals surface area contributed by atoms with Crippen molar-refractivity contribution in [3.05, 3.63) is 52.2 Å². The molecule has 0 aliphatic carbocycles. The molecule has 0 fully saturated rings. The Morgan fingerprint density at radius 2 is 2.05 bits per heavy atom. The zero-order valence-corrected chi connectivity index (χ0v) is 11.7. The fraction of sp³-hybridized carbons (Fsp3) is 0.267. The quantitative estimate of drug-likeness (QED) is 0.880. The molecule has 1 N–H and O–H groups in total. The lowest BCUT2D eigenvalue weighted by molar-refractivity contribution is -0.123. The lowest BCUT2D eigenvalue weighted by atomic mass is 10.2. The van der Waals surface area contributed by atoms with Crippen LogP contribution in [0.1, 0.15) is 10.4 Å². The van der Waals surface area contributed by atoms with Crippen LogP contribution in [0.5, 0.6) is 5.75 Å². The van der Waals surface area contributed by atoms with Crippen molar-refractivity contribution in [2.45, 2.75) is 13.3 Å². The van der Waals surface area contributed by atoms with Gasteiger partial charge in [0.25, 0.3) is 5.91 Å². The molecule has 0 radical (unpaired) electrons. The molecule has 0 saturated carbocycles. The number of rotatable bonds is 6. The lowest BCUT2D eigenvalue weighted by Crippen LogP contribution is -2.30. The van der Waals surface area contributed by atoms with Crippen molar-refractivity contribution >= 4 is 17.2 Å². The second-order valence-electron chi connectivity index (χ2n) is 4.28. The summed E-state index contributed by atoms with van der Waals surface area (Å²) in [6.07, 6.45) is 0.869. The van der Waals surface area contributed by atoms with Crippen LogP contribution in [0.3, 0.4) is 0 Å². The highest BCUT2D eigenvalue weighted by Gasteiger charge is 2.02. The van der Waals surface area contributed by atoms with Crippen molar-refractivity contribution < 1.29 is 9.53 Å². The van der Waals surface area contributed by atoms with E-state index in [1.54, 1.807) is 11.3 Å². The number of nitrogens with one attached hydrogen (secondary N) is 1. The van der Waals surface area contributed by atoms with Crippen LogP contribution < -0.4 is 10.1 Å². The van der Waals surface area contributed by atoms with Crippen LogP contribution in [0, 0.1) is 6.92 Å². The zero-order chi connectivity index (χ0) is 13.5. The monoisotopic (exact) mass is 275 g/mol. The summed E-state index contributed by atoms with van der Waals surface area (Å²) in [4.78, 5) is 12.9. The Morgan fingerprint density at radius 1 is 1.26 bits per heavy atom. The zero-order valence-electron chi connectivity index (χ0n) is 10.9. The third-order valence-corrected chi connectivity index (χ3v) is 3.60. The maximum atomic E-state index is 11.6. The number of aryl methyl sites for hydroxylation is 1. The van der Waals surface area contributed by atoms with Gasteiger partial charge in [0.1, 0.15) is 5.75 Å². The molecule has 1 aromatic heterocycles. The number of thiophene rings is 1. The fourth-order valence-electron chi connectivity index (χ4n) is 1.61. The molecule has 0 bridgehead atoms. The Hall–Kier alpha value is -1.81. The Morgan fingerprint density at radius 3 is 2.74 bits per heavy atom. The molecule has 1 amide bonds. The first-order valence-corrected chi connectivity index (χ1v) is 7.10. The summed E-state index contributed by atoms with van der Waals surface area (Å²) >= 11 is 1.70. The van der Waals surface area contributed by atoms with Gasteiger partial charge in [0.05, 0.1) is 0 Å². The molecule has 0 aliphatic rings. The largest absolute Gasteiger partial charge is 0.484 e. The van der Waals surface area contributed by atoms with Gasteiger partial charge in [-0.25, -0.2) is 0 Å². The average Bonchev–Trinajstić information content (AvgIpc) is 2.91. The van der Waals surface area contributed by atoms with Gasteiger partial charge in [-0.2, -0.15) is 0 Å². The van der Waals surface area contributed by atoms with E-state index < -0.39 is 0 Å². The smallest absolute Gasteiger partial charge is 0.257 e. The molecule has 0 saturated heterocycles. The standard InChI is InChI=1S/C15H17NO2S/c1-12-4-6-13(7-5-12)18-11-15(17)16-9-8-14-3-2-10-19-14/h2-7,10H,8-9,11H2,1H3,(H,16,17). The second kappa shape index (κ2) is 6.95.